The first-order chi connectivity index (χ1) is 32.6. The summed E-state index contributed by atoms with van der Waals surface area (Å²) in [6.45, 7) is -1.67. The Morgan fingerprint density at radius 1 is 0.941 bits per heavy atom. The van der Waals surface area contributed by atoms with Gasteiger partial charge in [0, 0.05) is 77.6 Å². The molecule has 3 aliphatic carbocycles. The number of aromatic hydroxyl groups is 4. The summed E-state index contributed by atoms with van der Waals surface area (Å²) in [6.07, 6.45) is 2.12. The summed E-state index contributed by atoms with van der Waals surface area (Å²) in [4.78, 5) is 37.8. The van der Waals surface area contributed by atoms with Crippen molar-refractivity contribution >= 4 is 23.6 Å². The lowest BCUT2D eigenvalue weighted by atomic mass is 9.45. The number of amides is 1. The molecule has 0 unspecified atom stereocenters. The Kier molecular flexibility index (Phi) is 12.3. The minimum atomic E-state index is -3.32. The van der Waals surface area contributed by atoms with E-state index in [9.17, 15) is 66.1 Å². The van der Waals surface area contributed by atoms with Crippen LogP contribution in [0.1, 0.15) is 78.0 Å². The van der Waals surface area contributed by atoms with Crippen molar-refractivity contribution in [3.05, 3.63) is 106 Å². The highest BCUT2D eigenvalue weighted by Crippen LogP contribution is 2.72. The second-order valence-corrected chi connectivity index (χ2v) is 18.6. The Bertz CT molecular complexity index is 2650. The van der Waals surface area contributed by atoms with Gasteiger partial charge in [-0.3, -0.25) is 9.69 Å². The quantitative estimate of drug-likeness (QED) is 0.0394. The monoisotopic (exact) mass is 941 g/mol. The average molecular weight is 942 g/mol. The molecule has 2 aliphatic heterocycles. The number of ether oxygens (including phenoxy) is 2. The van der Waals surface area contributed by atoms with Crippen LogP contribution in [0.5, 0.6) is 28.7 Å². The molecular formula is C49H55N3O16. The van der Waals surface area contributed by atoms with E-state index >= 15 is 4.79 Å². The summed E-state index contributed by atoms with van der Waals surface area (Å²) < 4.78 is 10.9. The molecule has 1 saturated carbocycles. The molecule has 4 aromatic rings. The van der Waals surface area contributed by atoms with Gasteiger partial charge in [0.1, 0.15) is 29.8 Å². The number of nitrogens with one attached hydrogen (secondary N) is 1. The van der Waals surface area contributed by atoms with Crippen LogP contribution in [0.3, 0.4) is 0 Å². The van der Waals surface area contributed by atoms with Crippen molar-refractivity contribution in [2.24, 2.45) is 17.8 Å². The van der Waals surface area contributed by atoms with Crippen LogP contribution in [0.25, 0.3) is 6.08 Å². The van der Waals surface area contributed by atoms with Crippen LogP contribution in [0, 0.1) is 17.8 Å². The zero-order valence-electron chi connectivity index (χ0n) is 36.7. The lowest BCUT2D eigenvalue weighted by Gasteiger charge is -2.58. The smallest absolute Gasteiger partial charge is 0.355 e. The van der Waals surface area contributed by atoms with Gasteiger partial charge in [-0.1, -0.05) is 30.2 Å². The van der Waals surface area contributed by atoms with Crippen LogP contribution in [0.4, 0.5) is 5.69 Å². The first kappa shape index (κ1) is 47.1. The number of nitrogens with zero attached hydrogens (tertiary/aromatic N) is 2. The molecule has 0 spiro atoms. The van der Waals surface area contributed by atoms with Crippen molar-refractivity contribution in [2.75, 3.05) is 24.7 Å². The molecule has 19 nitrogen and oxygen atoms in total. The number of aryl methyl sites for hydroxylation is 1. The summed E-state index contributed by atoms with van der Waals surface area (Å²) in [7, 11) is 0. The number of H-pyrrole nitrogens is 1. The van der Waals surface area contributed by atoms with E-state index in [1.165, 1.54) is 36.7 Å². The van der Waals surface area contributed by atoms with Gasteiger partial charge in [0.2, 0.25) is 5.75 Å². The van der Waals surface area contributed by atoms with Gasteiger partial charge in [-0.2, -0.15) is 0 Å². The van der Waals surface area contributed by atoms with Crippen molar-refractivity contribution in [1.82, 2.24) is 9.97 Å². The number of carboxylic acid groups (broad SMARTS) is 1. The Morgan fingerprint density at radius 2 is 1.74 bits per heavy atom. The molecule has 362 valence electrons. The zero-order valence-corrected chi connectivity index (χ0v) is 36.7. The van der Waals surface area contributed by atoms with Gasteiger partial charge >= 0.3 is 11.9 Å². The molecule has 1 amide bonds. The number of hydrogen-bond donors (Lipinski definition) is 13. The van der Waals surface area contributed by atoms with E-state index in [0.717, 1.165) is 22.6 Å². The minimum Gasteiger partial charge on any atom is -0.508 e. The number of benzene rings is 3. The highest BCUT2D eigenvalue weighted by atomic mass is 16.8. The number of aliphatic carboxylic acids is 1. The van der Waals surface area contributed by atoms with E-state index in [1.807, 2.05) is 6.07 Å². The molecule has 68 heavy (non-hydrogen) atoms. The number of anilines is 1. The second-order valence-electron chi connectivity index (χ2n) is 18.6. The maximum absolute atomic E-state index is 15.2. The molecule has 9 rings (SSSR count). The van der Waals surface area contributed by atoms with Gasteiger partial charge in [-0.15, -0.1) is 0 Å². The van der Waals surface area contributed by atoms with E-state index < -0.39 is 94.8 Å². The number of carboxylic acids is 1. The normalized spacial score (nSPS) is 31.8. The third-order valence-electron chi connectivity index (χ3n) is 15.1. The SMILES string of the molecule is O=C(/C=C/c1ccc(O)c(Cc2cnc[nH]2)c1)N1c2cc(O[C@]3(O)O[C@H](CO)[C@@H](O)[C@H](O)[C@H]3O)c(O)c(O)c2[C@H]2[C@H]([C@@]34c5c(O)cccc5CC[C@H]3CCC[C@@H]4CO)C(CCCO)=C[C@]21C(=O)O. The molecule has 3 aromatic carbocycles. The number of aromatic amines is 1. The van der Waals surface area contributed by atoms with Crippen LogP contribution in [-0.2, 0) is 32.6 Å². The van der Waals surface area contributed by atoms with Gasteiger partial charge in [0.15, 0.2) is 23.1 Å². The zero-order chi connectivity index (χ0) is 48.4. The standard InChI is InChI=1S/C49H55N3O16/c53-15-3-5-26-19-47(46(64)65)40(39(26)48-28(6-2-7-29(48)21-54)12-11-25-4-1-8-33(57)38(25)48)37-31(18-34(41(59)43(37)61)67-49(66)45(63)44(62)42(60)35(22-55)68-49)52(47)36(58)14-10-24-9-13-32(56)27(16-24)17-30-20-50-23-51-30/h1,4,8-10,13-14,16,18-20,23,28-29,35,39-40,42,44-45,53-57,59-63,66H,2-3,5-7,11-12,15,17,21-22H2,(H,50,51)(H,64,65)/b14-10+/t28-,29-,35-,39-,40+,42-,44+,45-,47-,48+,49+/m1/s1. The molecular weight excluding hydrogens is 887 g/mol. The molecule has 0 radical (unpaired) electrons. The first-order valence-electron chi connectivity index (χ1n) is 22.7. The molecule has 0 bridgehead atoms. The molecule has 3 heterocycles. The predicted octanol–water partition coefficient (Wildman–Crippen LogP) is 1.91. The number of allylic oxidation sites excluding steroid dienone is 1. The Balaban J connectivity index is 1.28. The summed E-state index contributed by atoms with van der Waals surface area (Å²) in [6, 6.07) is 10.7. The number of fused-ring (bicyclic) bond motifs is 6. The van der Waals surface area contributed by atoms with Crippen LogP contribution < -0.4 is 9.64 Å². The fraction of sp³-hybridized carbons (Fsp3) is 0.449. The van der Waals surface area contributed by atoms with E-state index in [0.29, 0.717) is 60.1 Å². The Morgan fingerprint density at radius 3 is 2.44 bits per heavy atom. The van der Waals surface area contributed by atoms with Gasteiger partial charge in [-0.05, 0) is 91.8 Å². The highest BCUT2D eigenvalue weighted by molar-refractivity contribution is 6.13. The number of carbonyl (C=O) groups excluding carboxylic acids is 1. The third kappa shape index (κ3) is 7.13. The topological polar surface area (TPSA) is 327 Å². The van der Waals surface area contributed by atoms with E-state index in [1.54, 1.807) is 18.3 Å². The van der Waals surface area contributed by atoms with Crippen molar-refractivity contribution in [2.45, 2.75) is 98.6 Å². The van der Waals surface area contributed by atoms with Crippen molar-refractivity contribution in [3.63, 3.8) is 0 Å². The molecule has 5 aliphatic rings. The van der Waals surface area contributed by atoms with Gasteiger partial charge < -0.3 is 75.7 Å². The summed E-state index contributed by atoms with van der Waals surface area (Å²) >= 11 is 0. The van der Waals surface area contributed by atoms with Crippen LogP contribution in [0.15, 0.2) is 72.7 Å². The van der Waals surface area contributed by atoms with Crippen LogP contribution in [0.2, 0.25) is 0 Å². The molecule has 2 fully saturated rings. The van der Waals surface area contributed by atoms with E-state index in [-0.39, 0.29) is 61.1 Å². The minimum absolute atomic E-state index is 0.0393. The van der Waals surface area contributed by atoms with Crippen LogP contribution >= 0.6 is 0 Å². The summed E-state index contributed by atoms with van der Waals surface area (Å²) in [5, 5.41) is 134. The van der Waals surface area contributed by atoms with Crippen molar-refractivity contribution in [3.8, 4) is 28.7 Å². The molecule has 11 atom stereocenters. The number of hydrogen-bond acceptors (Lipinski definition) is 16. The fourth-order valence-electron chi connectivity index (χ4n) is 12.4. The summed E-state index contributed by atoms with van der Waals surface area (Å²) in [5.74, 6) is -12.4. The Hall–Kier alpha value is -6.03. The lowest BCUT2D eigenvalue weighted by molar-refractivity contribution is -0.422. The molecule has 19 heteroatoms. The molecule has 1 saturated heterocycles. The maximum Gasteiger partial charge on any atom is 0.355 e. The maximum atomic E-state index is 15.2. The third-order valence-corrected chi connectivity index (χ3v) is 15.1. The lowest BCUT2D eigenvalue weighted by Crippen LogP contribution is -2.67. The first-order valence-corrected chi connectivity index (χ1v) is 22.7. The number of phenols is 4. The van der Waals surface area contributed by atoms with E-state index in [4.69, 9.17) is 9.47 Å². The Labute approximate surface area is 389 Å². The number of carbonyl (C=O) groups is 2. The highest BCUT2D eigenvalue weighted by Gasteiger charge is 2.71. The van der Waals surface area contributed by atoms with E-state index in [2.05, 4.69) is 9.97 Å². The van der Waals surface area contributed by atoms with Gasteiger partial charge in [-0.25, -0.2) is 9.78 Å². The number of aliphatic hydroxyl groups is 7. The molecule has 1 aromatic heterocycles. The number of rotatable bonds is 13. The predicted molar refractivity (Wildman–Crippen MR) is 238 cm³/mol. The number of phenolic OH excluding ortho intramolecular Hbond substituents is 4. The molecule has 13 N–H and O–H groups in total. The largest absolute Gasteiger partial charge is 0.508 e. The van der Waals surface area contributed by atoms with Gasteiger partial charge in [0.05, 0.1) is 18.6 Å². The van der Waals surface area contributed by atoms with Crippen LogP contribution in [-0.4, -0.2) is 139 Å². The van der Waals surface area contributed by atoms with Crippen molar-refractivity contribution in [1.29, 1.82) is 0 Å². The van der Waals surface area contributed by atoms with Crippen molar-refractivity contribution < 1.29 is 80.3 Å². The number of aliphatic hydroxyl groups excluding tert-OH is 6. The van der Waals surface area contributed by atoms with Gasteiger partial charge in [0.25, 0.3) is 5.91 Å². The number of aromatic nitrogens is 2. The summed E-state index contributed by atoms with van der Waals surface area (Å²) in [5.41, 5.74) is -0.951. The number of imidazole rings is 1. The average Bonchev–Trinajstić information content (AvgIpc) is 4.04. The second kappa shape index (κ2) is 17.8. The fourth-order valence-corrected chi connectivity index (χ4v) is 12.4.